The predicted octanol–water partition coefficient (Wildman–Crippen LogP) is 1.33. The molecule has 4 aromatic rings. The smallest absolute Gasteiger partial charge is 0.333 e. The first kappa shape index (κ1) is 21.0. The Morgan fingerprint density at radius 2 is 1.66 bits per heavy atom. The molecular formula is C23H21N5O4. The quantitative estimate of drug-likeness (QED) is 0.473. The average molecular weight is 431 g/mol. The van der Waals surface area contributed by atoms with Gasteiger partial charge in [-0.1, -0.05) is 42.5 Å². The summed E-state index contributed by atoms with van der Waals surface area (Å²) in [4.78, 5) is 47.0. The van der Waals surface area contributed by atoms with Gasteiger partial charge in [0.25, 0.3) is 5.56 Å². The van der Waals surface area contributed by atoms with Gasteiger partial charge in [0, 0.05) is 18.9 Å². The highest BCUT2D eigenvalue weighted by atomic mass is 16.5. The van der Waals surface area contributed by atoms with Gasteiger partial charge in [-0.2, -0.15) is 0 Å². The first-order valence-electron chi connectivity index (χ1n) is 9.94. The Morgan fingerprint density at radius 3 is 2.38 bits per heavy atom. The number of hydrogen-bond acceptors (Lipinski definition) is 6. The van der Waals surface area contributed by atoms with Gasteiger partial charge in [-0.25, -0.2) is 14.8 Å². The zero-order valence-electron chi connectivity index (χ0n) is 17.4. The van der Waals surface area contributed by atoms with Gasteiger partial charge in [0.05, 0.1) is 13.7 Å². The number of carbonyl (C=O) groups excluding carboxylic acids is 1. The number of methoxy groups -OCH3 is 1. The van der Waals surface area contributed by atoms with Crippen LogP contribution >= 0.6 is 0 Å². The Bertz CT molecular complexity index is 1360. The van der Waals surface area contributed by atoms with E-state index in [-0.39, 0.29) is 30.2 Å². The van der Waals surface area contributed by atoms with E-state index in [1.54, 1.807) is 31.4 Å². The minimum Gasteiger partial charge on any atom is -0.497 e. The molecule has 162 valence electrons. The van der Waals surface area contributed by atoms with Crippen LogP contribution in [0.3, 0.4) is 0 Å². The molecule has 9 heteroatoms. The molecule has 0 bridgehead atoms. The molecule has 0 spiro atoms. The molecule has 0 aliphatic rings. The van der Waals surface area contributed by atoms with Gasteiger partial charge >= 0.3 is 5.69 Å². The molecule has 0 saturated carbocycles. The highest BCUT2D eigenvalue weighted by Crippen LogP contribution is 2.12. The van der Waals surface area contributed by atoms with E-state index < -0.39 is 11.2 Å². The molecule has 2 aromatic carbocycles. The van der Waals surface area contributed by atoms with Gasteiger partial charge in [-0.05, 0) is 23.3 Å². The molecule has 0 unspecified atom stereocenters. The van der Waals surface area contributed by atoms with Crippen LogP contribution in [0.25, 0.3) is 11.2 Å². The molecule has 2 heterocycles. The number of rotatable bonds is 7. The lowest BCUT2D eigenvalue weighted by molar-refractivity contribution is -0.121. The summed E-state index contributed by atoms with van der Waals surface area (Å²) in [6.45, 7) is 0.0626. The fourth-order valence-corrected chi connectivity index (χ4v) is 3.32. The van der Waals surface area contributed by atoms with E-state index in [9.17, 15) is 14.4 Å². The zero-order chi connectivity index (χ0) is 22.5. The first-order chi connectivity index (χ1) is 15.6. The number of nitrogens with zero attached hydrogens (tertiary/aromatic N) is 4. The molecular weight excluding hydrogens is 410 g/mol. The Balaban J connectivity index is 1.67. The zero-order valence-corrected chi connectivity index (χ0v) is 17.4. The van der Waals surface area contributed by atoms with Crippen molar-refractivity contribution in [3.63, 3.8) is 0 Å². The second kappa shape index (κ2) is 9.25. The van der Waals surface area contributed by atoms with Crippen molar-refractivity contribution in [2.45, 2.75) is 19.6 Å². The van der Waals surface area contributed by atoms with Gasteiger partial charge in [-0.15, -0.1) is 0 Å². The van der Waals surface area contributed by atoms with Gasteiger partial charge < -0.3 is 10.1 Å². The van der Waals surface area contributed by atoms with E-state index in [0.29, 0.717) is 12.3 Å². The second-order valence-corrected chi connectivity index (χ2v) is 7.10. The van der Waals surface area contributed by atoms with E-state index >= 15 is 0 Å². The molecule has 0 aliphatic heterocycles. The van der Waals surface area contributed by atoms with Crippen LogP contribution in [0.2, 0.25) is 0 Å². The third kappa shape index (κ3) is 4.41. The SMILES string of the molecule is COc1ccc(Cn2c(=O)c3nccnc3n(CC(=O)NCc3ccccc3)c2=O)cc1. The second-order valence-electron chi connectivity index (χ2n) is 7.10. The lowest BCUT2D eigenvalue weighted by atomic mass is 10.2. The summed E-state index contributed by atoms with van der Waals surface area (Å²) in [5, 5.41) is 2.79. The third-order valence-corrected chi connectivity index (χ3v) is 4.98. The van der Waals surface area contributed by atoms with Crippen molar-refractivity contribution < 1.29 is 9.53 Å². The molecule has 0 radical (unpaired) electrons. The molecule has 0 atom stereocenters. The maximum absolute atomic E-state index is 13.2. The van der Waals surface area contributed by atoms with Crippen molar-refractivity contribution in [1.29, 1.82) is 0 Å². The first-order valence-corrected chi connectivity index (χ1v) is 9.94. The maximum Gasteiger partial charge on any atom is 0.333 e. The van der Waals surface area contributed by atoms with Crippen molar-refractivity contribution in [3.05, 3.63) is 99.0 Å². The van der Waals surface area contributed by atoms with Crippen LogP contribution in [0, 0.1) is 0 Å². The van der Waals surface area contributed by atoms with E-state index in [0.717, 1.165) is 15.7 Å². The van der Waals surface area contributed by atoms with Crippen molar-refractivity contribution in [1.82, 2.24) is 24.4 Å². The number of fused-ring (bicyclic) bond motifs is 1. The number of carbonyl (C=O) groups is 1. The van der Waals surface area contributed by atoms with Gasteiger partial charge in [0.2, 0.25) is 5.91 Å². The highest BCUT2D eigenvalue weighted by molar-refractivity contribution is 5.78. The van der Waals surface area contributed by atoms with E-state index in [1.165, 1.54) is 17.0 Å². The summed E-state index contributed by atoms with van der Waals surface area (Å²) in [5.74, 6) is 0.288. The summed E-state index contributed by atoms with van der Waals surface area (Å²) >= 11 is 0. The van der Waals surface area contributed by atoms with Crippen LogP contribution in [-0.4, -0.2) is 32.1 Å². The van der Waals surface area contributed by atoms with Crippen molar-refractivity contribution in [3.8, 4) is 5.75 Å². The lowest BCUT2D eigenvalue weighted by Crippen LogP contribution is -2.43. The Morgan fingerprint density at radius 1 is 0.938 bits per heavy atom. The van der Waals surface area contributed by atoms with E-state index in [1.807, 2.05) is 30.3 Å². The molecule has 1 amide bonds. The summed E-state index contributed by atoms with van der Waals surface area (Å²) in [7, 11) is 1.56. The maximum atomic E-state index is 13.2. The van der Waals surface area contributed by atoms with Crippen molar-refractivity contribution >= 4 is 17.1 Å². The molecule has 1 N–H and O–H groups in total. The Hall–Kier alpha value is -4.27. The number of ether oxygens (including phenoxy) is 1. The minimum absolute atomic E-state index is 0.0245. The average Bonchev–Trinajstić information content (AvgIpc) is 2.84. The molecule has 0 aliphatic carbocycles. The third-order valence-electron chi connectivity index (χ3n) is 4.98. The number of aromatic nitrogens is 4. The molecule has 2 aromatic heterocycles. The normalized spacial score (nSPS) is 10.8. The van der Waals surface area contributed by atoms with E-state index in [4.69, 9.17) is 4.74 Å². The summed E-state index contributed by atoms with van der Waals surface area (Å²) in [6.07, 6.45) is 2.76. The fraction of sp³-hybridized carbons (Fsp3) is 0.174. The Kier molecular flexibility index (Phi) is 6.07. The number of amides is 1. The molecule has 9 nitrogen and oxygen atoms in total. The lowest BCUT2D eigenvalue weighted by Gasteiger charge is -2.13. The molecule has 0 fully saturated rings. The van der Waals surface area contributed by atoms with Crippen LogP contribution < -0.4 is 21.3 Å². The predicted molar refractivity (Wildman–Crippen MR) is 118 cm³/mol. The van der Waals surface area contributed by atoms with Gasteiger partial charge in [0.1, 0.15) is 12.3 Å². The molecule has 0 saturated heterocycles. The van der Waals surface area contributed by atoms with Crippen molar-refractivity contribution in [2.75, 3.05) is 7.11 Å². The molecule has 4 rings (SSSR count). The minimum atomic E-state index is -0.631. The number of benzene rings is 2. The number of nitrogens with one attached hydrogen (secondary N) is 1. The summed E-state index contributed by atoms with van der Waals surface area (Å²) < 4.78 is 7.38. The largest absolute Gasteiger partial charge is 0.497 e. The fourth-order valence-electron chi connectivity index (χ4n) is 3.32. The highest BCUT2D eigenvalue weighted by Gasteiger charge is 2.17. The van der Waals surface area contributed by atoms with Gasteiger partial charge in [-0.3, -0.25) is 18.7 Å². The van der Waals surface area contributed by atoms with Crippen LogP contribution in [0.1, 0.15) is 11.1 Å². The van der Waals surface area contributed by atoms with Crippen LogP contribution in [-0.2, 0) is 24.4 Å². The van der Waals surface area contributed by atoms with E-state index in [2.05, 4.69) is 15.3 Å². The molecule has 32 heavy (non-hydrogen) atoms. The standard InChI is InChI=1S/C23H21N5O4/c1-32-18-9-7-17(8-10-18)14-28-22(30)20-21(25-12-11-24-20)27(23(28)31)15-19(29)26-13-16-5-3-2-4-6-16/h2-12H,13-15H2,1H3,(H,26,29). The number of hydrogen-bond donors (Lipinski definition) is 1. The van der Waals surface area contributed by atoms with Crippen LogP contribution in [0.4, 0.5) is 0 Å². The van der Waals surface area contributed by atoms with Crippen molar-refractivity contribution in [2.24, 2.45) is 0 Å². The van der Waals surface area contributed by atoms with Gasteiger partial charge in [0.15, 0.2) is 11.2 Å². The topological polar surface area (TPSA) is 108 Å². The summed E-state index contributed by atoms with van der Waals surface area (Å²) in [6, 6.07) is 16.5. The van der Waals surface area contributed by atoms with Crippen LogP contribution in [0.5, 0.6) is 5.75 Å². The summed E-state index contributed by atoms with van der Waals surface area (Å²) in [5.41, 5.74) is 0.569. The monoisotopic (exact) mass is 431 g/mol. The van der Waals surface area contributed by atoms with Crippen LogP contribution in [0.15, 0.2) is 76.6 Å². The Labute approximate surface area is 182 Å².